The fourth-order valence-electron chi connectivity index (χ4n) is 1.93. The molecule has 0 spiro atoms. The summed E-state index contributed by atoms with van der Waals surface area (Å²) in [7, 11) is 0. The van der Waals surface area contributed by atoms with Gasteiger partial charge in [-0.25, -0.2) is 4.39 Å². The third kappa shape index (κ3) is 2.99. The Hall–Kier alpha value is -0.900. The second-order valence-corrected chi connectivity index (χ2v) is 5.87. The summed E-state index contributed by atoms with van der Waals surface area (Å²) in [5.41, 5.74) is 10.2. The normalized spacial score (nSPS) is 12.5. The van der Waals surface area contributed by atoms with Crippen molar-refractivity contribution >= 4 is 27.5 Å². The summed E-state index contributed by atoms with van der Waals surface area (Å²) in [6.07, 6.45) is 0. The van der Waals surface area contributed by atoms with Gasteiger partial charge in [-0.3, -0.25) is 0 Å². The molecule has 2 rings (SSSR count). The quantitative estimate of drug-likeness (QED) is 0.825. The molecule has 100 valence electrons. The molecule has 2 aromatic rings. The van der Waals surface area contributed by atoms with Crippen LogP contribution in [0.1, 0.15) is 28.3 Å². The number of nitrogens with two attached hydrogens (primary N) is 1. The van der Waals surface area contributed by atoms with Crippen molar-refractivity contribution in [2.24, 2.45) is 5.73 Å². The van der Waals surface area contributed by atoms with Crippen LogP contribution in [0.2, 0.25) is 5.02 Å². The molecule has 0 heterocycles. The Morgan fingerprint density at radius 2 is 1.79 bits per heavy atom. The first-order chi connectivity index (χ1) is 8.90. The van der Waals surface area contributed by atoms with Gasteiger partial charge in [0.05, 0.1) is 10.5 Å². The van der Waals surface area contributed by atoms with Crippen LogP contribution in [0.5, 0.6) is 0 Å². The maximum Gasteiger partial charge on any atom is 0.137 e. The van der Waals surface area contributed by atoms with Gasteiger partial charge in [0.25, 0.3) is 0 Å². The van der Waals surface area contributed by atoms with Crippen LogP contribution in [0.3, 0.4) is 0 Å². The van der Waals surface area contributed by atoms with E-state index in [1.54, 1.807) is 12.1 Å². The molecule has 2 aromatic carbocycles. The molecule has 0 amide bonds. The van der Waals surface area contributed by atoms with Crippen molar-refractivity contribution in [2.45, 2.75) is 19.9 Å². The maximum atomic E-state index is 13.2. The fraction of sp³-hybridized carbons (Fsp3) is 0.200. The molecule has 0 bridgehead atoms. The molecule has 1 nitrogen and oxygen atoms in total. The molecule has 0 saturated heterocycles. The van der Waals surface area contributed by atoms with Crippen molar-refractivity contribution in [1.82, 2.24) is 0 Å². The minimum Gasteiger partial charge on any atom is -0.320 e. The van der Waals surface area contributed by atoms with E-state index in [9.17, 15) is 4.39 Å². The van der Waals surface area contributed by atoms with Gasteiger partial charge in [0.1, 0.15) is 5.82 Å². The van der Waals surface area contributed by atoms with Crippen molar-refractivity contribution in [3.63, 3.8) is 0 Å². The van der Waals surface area contributed by atoms with Gasteiger partial charge >= 0.3 is 0 Å². The summed E-state index contributed by atoms with van der Waals surface area (Å²) < 4.78 is 13.7. The zero-order chi connectivity index (χ0) is 14.2. The van der Waals surface area contributed by atoms with Crippen LogP contribution in [0.15, 0.2) is 34.8 Å². The summed E-state index contributed by atoms with van der Waals surface area (Å²) in [6, 6.07) is 8.28. The second-order valence-electron chi connectivity index (χ2n) is 4.61. The first-order valence-corrected chi connectivity index (χ1v) is 7.04. The Balaban J connectivity index is 2.46. The van der Waals surface area contributed by atoms with E-state index >= 15 is 0 Å². The predicted molar refractivity (Wildman–Crippen MR) is 81.1 cm³/mol. The Morgan fingerprint density at radius 3 is 2.42 bits per heavy atom. The van der Waals surface area contributed by atoms with E-state index in [0.29, 0.717) is 9.50 Å². The fourth-order valence-corrected chi connectivity index (χ4v) is 2.66. The van der Waals surface area contributed by atoms with Gasteiger partial charge in [-0.1, -0.05) is 23.7 Å². The number of rotatable bonds is 2. The van der Waals surface area contributed by atoms with Crippen LogP contribution >= 0.6 is 27.5 Å². The standard InChI is InChI=1S/C15H14BrClFN/c1-8-5-11(13(17)6-9(8)2)15(19)10-3-4-14(18)12(16)7-10/h3-7,15H,19H2,1-2H3. The third-order valence-corrected chi connectivity index (χ3v) is 4.19. The minimum absolute atomic E-state index is 0.304. The van der Waals surface area contributed by atoms with Crippen molar-refractivity contribution in [3.8, 4) is 0 Å². The van der Waals surface area contributed by atoms with E-state index in [-0.39, 0.29) is 11.9 Å². The Morgan fingerprint density at radius 1 is 1.16 bits per heavy atom. The minimum atomic E-state index is -0.372. The molecule has 1 atom stereocenters. The third-order valence-electron chi connectivity index (χ3n) is 3.25. The first-order valence-electron chi connectivity index (χ1n) is 5.87. The van der Waals surface area contributed by atoms with Crippen molar-refractivity contribution < 1.29 is 4.39 Å². The highest BCUT2D eigenvalue weighted by atomic mass is 79.9. The van der Waals surface area contributed by atoms with Crippen molar-refractivity contribution in [3.05, 3.63) is 67.9 Å². The SMILES string of the molecule is Cc1cc(Cl)c(C(N)c2ccc(F)c(Br)c2)cc1C. The molecular formula is C15H14BrClFN. The predicted octanol–water partition coefficient (Wildman–Crippen LogP) is 4.91. The van der Waals surface area contributed by atoms with Crippen LogP contribution in [-0.4, -0.2) is 0 Å². The van der Waals surface area contributed by atoms with Crippen LogP contribution in [0, 0.1) is 19.7 Å². The molecule has 4 heteroatoms. The van der Waals surface area contributed by atoms with E-state index in [1.165, 1.54) is 6.07 Å². The lowest BCUT2D eigenvalue weighted by Gasteiger charge is -2.16. The largest absolute Gasteiger partial charge is 0.320 e. The number of hydrogen-bond donors (Lipinski definition) is 1. The molecule has 19 heavy (non-hydrogen) atoms. The molecule has 0 aliphatic rings. The van der Waals surface area contributed by atoms with Crippen molar-refractivity contribution in [2.75, 3.05) is 0 Å². The molecule has 0 radical (unpaired) electrons. The topological polar surface area (TPSA) is 26.0 Å². The van der Waals surface area contributed by atoms with Crippen LogP contribution in [-0.2, 0) is 0 Å². The molecule has 0 aromatic heterocycles. The summed E-state index contributed by atoms with van der Waals surface area (Å²) in [5.74, 6) is -0.304. The monoisotopic (exact) mass is 341 g/mol. The molecule has 0 fully saturated rings. The maximum absolute atomic E-state index is 13.2. The van der Waals surface area contributed by atoms with Crippen LogP contribution in [0.4, 0.5) is 4.39 Å². The molecule has 0 aliphatic carbocycles. The van der Waals surface area contributed by atoms with Crippen molar-refractivity contribution in [1.29, 1.82) is 0 Å². The highest BCUT2D eigenvalue weighted by Crippen LogP contribution is 2.30. The zero-order valence-corrected chi connectivity index (χ0v) is 13.0. The van der Waals surface area contributed by atoms with E-state index < -0.39 is 0 Å². The Kier molecular flexibility index (Phi) is 4.29. The average molecular weight is 343 g/mol. The Bertz CT molecular complexity index is 628. The lowest BCUT2D eigenvalue weighted by Crippen LogP contribution is -2.13. The van der Waals surface area contributed by atoms with Gasteiger partial charge in [0.15, 0.2) is 0 Å². The van der Waals surface area contributed by atoms with E-state index in [2.05, 4.69) is 15.9 Å². The summed E-state index contributed by atoms with van der Waals surface area (Å²) in [5, 5.41) is 0.635. The van der Waals surface area contributed by atoms with Gasteiger partial charge < -0.3 is 5.73 Å². The average Bonchev–Trinajstić information content (AvgIpc) is 2.36. The van der Waals surface area contributed by atoms with Gasteiger partial charge in [0, 0.05) is 5.02 Å². The molecular weight excluding hydrogens is 329 g/mol. The van der Waals surface area contributed by atoms with Gasteiger partial charge in [0.2, 0.25) is 0 Å². The first kappa shape index (κ1) is 14.5. The molecule has 0 saturated carbocycles. The molecule has 0 aliphatic heterocycles. The number of aryl methyl sites for hydroxylation is 2. The zero-order valence-electron chi connectivity index (χ0n) is 10.7. The Labute approximate surface area is 125 Å². The summed E-state index contributed by atoms with van der Waals surface area (Å²) in [6.45, 7) is 4.02. The van der Waals surface area contributed by atoms with Gasteiger partial charge in [-0.15, -0.1) is 0 Å². The highest BCUT2D eigenvalue weighted by Gasteiger charge is 2.15. The van der Waals surface area contributed by atoms with Crippen LogP contribution in [0.25, 0.3) is 0 Å². The van der Waals surface area contributed by atoms with Gasteiger partial charge in [-0.05, 0) is 70.2 Å². The number of benzene rings is 2. The second kappa shape index (κ2) is 5.61. The lowest BCUT2D eigenvalue weighted by molar-refractivity contribution is 0.619. The molecule has 1 unspecified atom stereocenters. The number of hydrogen-bond acceptors (Lipinski definition) is 1. The summed E-state index contributed by atoms with van der Waals surface area (Å²) in [4.78, 5) is 0. The molecule has 2 N–H and O–H groups in total. The van der Waals surface area contributed by atoms with E-state index in [4.69, 9.17) is 17.3 Å². The van der Waals surface area contributed by atoms with Crippen LogP contribution < -0.4 is 5.73 Å². The smallest absolute Gasteiger partial charge is 0.137 e. The summed E-state index contributed by atoms with van der Waals surface area (Å²) >= 11 is 9.42. The van der Waals surface area contributed by atoms with E-state index in [1.807, 2.05) is 26.0 Å². The number of halogens is 3. The van der Waals surface area contributed by atoms with E-state index in [0.717, 1.165) is 22.3 Å². The highest BCUT2D eigenvalue weighted by molar-refractivity contribution is 9.10. The lowest BCUT2D eigenvalue weighted by atomic mass is 9.96. The van der Waals surface area contributed by atoms with Gasteiger partial charge in [-0.2, -0.15) is 0 Å².